The Morgan fingerprint density at radius 1 is 1.50 bits per heavy atom. The normalized spacial score (nSPS) is 12.1. The lowest BCUT2D eigenvalue weighted by molar-refractivity contribution is -0.123. The number of carbonyl (C=O) groups is 1. The van der Waals surface area contributed by atoms with Gasteiger partial charge in [0.15, 0.2) is 0 Å². The third-order valence-electron chi connectivity index (χ3n) is 3.11. The molecule has 3 N–H and O–H groups in total. The summed E-state index contributed by atoms with van der Waals surface area (Å²) in [5.41, 5.74) is 9.15. The van der Waals surface area contributed by atoms with Crippen molar-refractivity contribution in [1.29, 1.82) is 0 Å². The number of benzene rings is 1. The van der Waals surface area contributed by atoms with E-state index in [1.54, 1.807) is 7.05 Å². The van der Waals surface area contributed by atoms with Crippen molar-refractivity contribution in [2.75, 3.05) is 25.5 Å². The summed E-state index contributed by atoms with van der Waals surface area (Å²) in [7, 11) is 3.66. The lowest BCUT2D eigenvalue weighted by atomic mass is 10.1. The summed E-state index contributed by atoms with van der Waals surface area (Å²) in [5, 5.41) is 2.67. The Hall–Kier alpha value is -1.55. The minimum atomic E-state index is -0.0499. The second kappa shape index (κ2) is 6.40. The highest BCUT2D eigenvalue weighted by atomic mass is 16.1. The number of nitrogens with one attached hydrogen (secondary N) is 1. The van der Waals surface area contributed by atoms with Gasteiger partial charge in [-0.05, 0) is 24.1 Å². The van der Waals surface area contributed by atoms with Gasteiger partial charge in [-0.3, -0.25) is 4.79 Å². The molecule has 1 aromatic carbocycles. The first-order valence-corrected chi connectivity index (χ1v) is 6.22. The predicted octanol–water partition coefficient (Wildman–Crippen LogP) is 1.27. The van der Waals surface area contributed by atoms with Crippen LogP contribution in [0, 0.1) is 12.8 Å². The quantitative estimate of drug-likeness (QED) is 0.826. The van der Waals surface area contributed by atoms with Gasteiger partial charge in [-0.1, -0.05) is 19.1 Å². The fourth-order valence-electron chi connectivity index (χ4n) is 2.04. The van der Waals surface area contributed by atoms with E-state index in [0.29, 0.717) is 13.1 Å². The van der Waals surface area contributed by atoms with Gasteiger partial charge in [0.1, 0.15) is 0 Å². The summed E-state index contributed by atoms with van der Waals surface area (Å²) in [6.45, 7) is 5.16. The molecule has 4 heteroatoms. The lowest BCUT2D eigenvalue weighted by Crippen LogP contribution is -2.34. The molecule has 0 aliphatic rings. The van der Waals surface area contributed by atoms with Gasteiger partial charge in [0.2, 0.25) is 5.91 Å². The maximum Gasteiger partial charge on any atom is 0.224 e. The Morgan fingerprint density at radius 3 is 2.72 bits per heavy atom. The fourth-order valence-corrected chi connectivity index (χ4v) is 2.04. The van der Waals surface area contributed by atoms with Crippen molar-refractivity contribution < 1.29 is 4.79 Å². The molecule has 0 saturated carbocycles. The molecule has 18 heavy (non-hydrogen) atoms. The van der Waals surface area contributed by atoms with Crippen LogP contribution in [0.1, 0.15) is 18.1 Å². The Kier molecular flexibility index (Phi) is 5.16. The van der Waals surface area contributed by atoms with E-state index in [-0.39, 0.29) is 11.8 Å². The topological polar surface area (TPSA) is 58.4 Å². The number of rotatable bonds is 5. The molecule has 0 aliphatic carbocycles. The molecule has 100 valence electrons. The summed E-state index contributed by atoms with van der Waals surface area (Å²) >= 11 is 0. The van der Waals surface area contributed by atoms with E-state index in [4.69, 9.17) is 5.73 Å². The average Bonchev–Trinajstić information content (AvgIpc) is 2.37. The molecule has 0 aliphatic heterocycles. The SMILES string of the molecule is CNC(=O)C(C)CN(C)c1cc(C)ccc1CN. The minimum Gasteiger partial charge on any atom is -0.374 e. The number of hydrogen-bond donors (Lipinski definition) is 2. The van der Waals surface area contributed by atoms with E-state index in [1.165, 1.54) is 5.56 Å². The zero-order valence-corrected chi connectivity index (χ0v) is 11.7. The van der Waals surface area contributed by atoms with Crippen molar-refractivity contribution in [3.63, 3.8) is 0 Å². The maximum atomic E-state index is 11.5. The molecule has 1 aromatic rings. The van der Waals surface area contributed by atoms with Crippen molar-refractivity contribution in [1.82, 2.24) is 5.32 Å². The fraction of sp³-hybridized carbons (Fsp3) is 0.500. The Morgan fingerprint density at radius 2 is 2.17 bits per heavy atom. The highest BCUT2D eigenvalue weighted by Crippen LogP contribution is 2.21. The van der Waals surface area contributed by atoms with Gasteiger partial charge in [0.25, 0.3) is 0 Å². The Balaban J connectivity index is 2.86. The van der Waals surface area contributed by atoms with Crippen LogP contribution in [-0.2, 0) is 11.3 Å². The molecule has 1 amide bonds. The Bertz CT molecular complexity index is 418. The predicted molar refractivity (Wildman–Crippen MR) is 75.6 cm³/mol. The van der Waals surface area contributed by atoms with Gasteiger partial charge < -0.3 is 16.0 Å². The number of nitrogens with two attached hydrogens (primary N) is 1. The molecule has 0 fully saturated rings. The molecule has 1 unspecified atom stereocenters. The Labute approximate surface area is 109 Å². The first-order valence-electron chi connectivity index (χ1n) is 6.22. The van der Waals surface area contributed by atoms with Gasteiger partial charge in [0.05, 0.1) is 5.92 Å². The molecule has 1 rings (SSSR count). The van der Waals surface area contributed by atoms with Crippen LogP contribution in [0.4, 0.5) is 5.69 Å². The first-order chi connectivity index (χ1) is 8.49. The van der Waals surface area contributed by atoms with Gasteiger partial charge in [0, 0.05) is 32.9 Å². The molecule has 0 saturated heterocycles. The van der Waals surface area contributed by atoms with Crippen LogP contribution in [0.25, 0.3) is 0 Å². The smallest absolute Gasteiger partial charge is 0.224 e. The number of aryl methyl sites for hydroxylation is 1. The van der Waals surface area contributed by atoms with E-state index in [0.717, 1.165) is 11.3 Å². The van der Waals surface area contributed by atoms with E-state index in [1.807, 2.05) is 20.0 Å². The van der Waals surface area contributed by atoms with Crippen LogP contribution < -0.4 is 16.0 Å². The van der Waals surface area contributed by atoms with E-state index in [9.17, 15) is 4.79 Å². The summed E-state index contributed by atoms with van der Waals surface area (Å²) in [6.07, 6.45) is 0. The van der Waals surface area contributed by atoms with Crippen LogP contribution in [0.3, 0.4) is 0 Å². The number of amides is 1. The third-order valence-corrected chi connectivity index (χ3v) is 3.11. The van der Waals surface area contributed by atoms with Gasteiger partial charge in [-0.25, -0.2) is 0 Å². The standard InChI is InChI=1S/C14H23N3O/c1-10-5-6-12(8-15)13(7-10)17(4)9-11(2)14(18)16-3/h5-7,11H,8-9,15H2,1-4H3,(H,16,18). The third kappa shape index (κ3) is 3.47. The first kappa shape index (κ1) is 14.5. The van der Waals surface area contributed by atoms with Crippen molar-refractivity contribution in [2.45, 2.75) is 20.4 Å². The second-order valence-corrected chi connectivity index (χ2v) is 4.73. The van der Waals surface area contributed by atoms with E-state index >= 15 is 0 Å². The number of carbonyl (C=O) groups excluding carboxylic acids is 1. The summed E-state index contributed by atoms with van der Waals surface area (Å²) in [4.78, 5) is 13.6. The van der Waals surface area contributed by atoms with Crippen molar-refractivity contribution in [3.8, 4) is 0 Å². The van der Waals surface area contributed by atoms with Crippen molar-refractivity contribution in [3.05, 3.63) is 29.3 Å². The highest BCUT2D eigenvalue weighted by molar-refractivity contribution is 5.78. The highest BCUT2D eigenvalue weighted by Gasteiger charge is 2.15. The molecular weight excluding hydrogens is 226 g/mol. The van der Waals surface area contributed by atoms with Crippen LogP contribution in [0.5, 0.6) is 0 Å². The molecule has 0 heterocycles. The van der Waals surface area contributed by atoms with Crippen molar-refractivity contribution >= 4 is 11.6 Å². The average molecular weight is 249 g/mol. The van der Waals surface area contributed by atoms with Crippen molar-refractivity contribution in [2.24, 2.45) is 11.7 Å². The van der Waals surface area contributed by atoms with Crippen LogP contribution in [0.15, 0.2) is 18.2 Å². The molecule has 0 radical (unpaired) electrons. The molecular formula is C14H23N3O. The zero-order chi connectivity index (χ0) is 13.7. The van der Waals surface area contributed by atoms with Crippen LogP contribution in [0.2, 0.25) is 0 Å². The van der Waals surface area contributed by atoms with Gasteiger partial charge in [-0.2, -0.15) is 0 Å². The molecule has 4 nitrogen and oxygen atoms in total. The molecule has 0 bridgehead atoms. The summed E-state index contributed by atoms with van der Waals surface area (Å²) < 4.78 is 0. The second-order valence-electron chi connectivity index (χ2n) is 4.73. The number of anilines is 1. The summed E-state index contributed by atoms with van der Waals surface area (Å²) in [5.74, 6) is 0.00920. The van der Waals surface area contributed by atoms with Crippen LogP contribution >= 0.6 is 0 Å². The monoisotopic (exact) mass is 249 g/mol. The largest absolute Gasteiger partial charge is 0.374 e. The number of nitrogens with zero attached hydrogens (tertiary/aromatic N) is 1. The van der Waals surface area contributed by atoms with Gasteiger partial charge >= 0.3 is 0 Å². The minimum absolute atomic E-state index is 0.0499. The molecule has 0 aromatic heterocycles. The number of hydrogen-bond acceptors (Lipinski definition) is 3. The molecule has 1 atom stereocenters. The van der Waals surface area contributed by atoms with E-state index in [2.05, 4.69) is 29.3 Å². The van der Waals surface area contributed by atoms with Gasteiger partial charge in [-0.15, -0.1) is 0 Å². The zero-order valence-electron chi connectivity index (χ0n) is 11.7. The van der Waals surface area contributed by atoms with E-state index < -0.39 is 0 Å². The van der Waals surface area contributed by atoms with Crippen LogP contribution in [-0.4, -0.2) is 26.5 Å². The molecule has 0 spiro atoms. The summed E-state index contributed by atoms with van der Waals surface area (Å²) in [6, 6.07) is 6.21. The maximum absolute atomic E-state index is 11.5. The lowest BCUT2D eigenvalue weighted by Gasteiger charge is -2.25.